The van der Waals surface area contributed by atoms with Crippen molar-refractivity contribution in [2.45, 2.75) is 13.2 Å². The second kappa shape index (κ2) is 9.33. The van der Waals surface area contributed by atoms with Gasteiger partial charge in [0.05, 0.1) is 17.0 Å². The molecule has 0 aromatic heterocycles. The average Bonchev–Trinajstić information content (AvgIpc) is 2.76. The van der Waals surface area contributed by atoms with Crippen LogP contribution in [0.25, 0.3) is 0 Å². The zero-order valence-corrected chi connectivity index (χ0v) is 15.8. The Hall–Kier alpha value is -4.20. The normalized spacial score (nSPS) is 10.3. The molecule has 30 heavy (non-hydrogen) atoms. The van der Waals surface area contributed by atoms with E-state index in [2.05, 4.69) is 0 Å². The molecule has 3 rings (SSSR count). The van der Waals surface area contributed by atoms with Crippen molar-refractivity contribution in [1.82, 2.24) is 0 Å². The molecule has 0 aliphatic heterocycles. The Morgan fingerprint density at radius 3 is 2.10 bits per heavy atom. The Morgan fingerprint density at radius 1 is 0.933 bits per heavy atom. The molecule has 0 atom stereocenters. The number of carbonyl (C=O) groups excluding carboxylic acids is 1. The molecule has 0 unspecified atom stereocenters. The molecule has 3 aromatic rings. The molecule has 8 heteroatoms. The summed E-state index contributed by atoms with van der Waals surface area (Å²) in [4.78, 5) is 36.1. The number of nitro benzene ring substituents is 1. The lowest BCUT2D eigenvalue weighted by atomic mass is 10.1. The van der Waals surface area contributed by atoms with E-state index in [1.54, 1.807) is 48.5 Å². The summed E-state index contributed by atoms with van der Waals surface area (Å²) in [5, 5.41) is 20.7. The second-order valence-electron chi connectivity index (χ2n) is 6.38. The van der Waals surface area contributed by atoms with Crippen molar-refractivity contribution in [3.63, 3.8) is 0 Å². The van der Waals surface area contributed by atoms with Crippen LogP contribution in [-0.2, 0) is 17.9 Å². The van der Waals surface area contributed by atoms with E-state index < -0.39 is 22.7 Å². The highest BCUT2D eigenvalue weighted by Crippen LogP contribution is 2.31. The monoisotopic (exact) mass is 406 g/mol. The Balaban J connectivity index is 1.95. The molecule has 0 aliphatic rings. The van der Waals surface area contributed by atoms with Crippen LogP contribution in [0, 0.1) is 10.1 Å². The van der Waals surface area contributed by atoms with Crippen LogP contribution in [0.2, 0.25) is 0 Å². The van der Waals surface area contributed by atoms with Crippen LogP contribution >= 0.6 is 0 Å². The summed E-state index contributed by atoms with van der Waals surface area (Å²) in [5.74, 6) is -1.30. The molecule has 1 N–H and O–H groups in total. The van der Waals surface area contributed by atoms with Gasteiger partial charge in [0.15, 0.2) is 0 Å². The smallest absolute Gasteiger partial charge is 0.415 e. The molecule has 8 nitrogen and oxygen atoms in total. The summed E-state index contributed by atoms with van der Waals surface area (Å²) in [6, 6.07) is 21.3. The van der Waals surface area contributed by atoms with Gasteiger partial charge in [0.2, 0.25) is 0 Å². The first-order valence-electron chi connectivity index (χ1n) is 8.99. The van der Waals surface area contributed by atoms with Gasteiger partial charge in [0.25, 0.3) is 5.69 Å². The van der Waals surface area contributed by atoms with Gasteiger partial charge in [-0.3, -0.25) is 15.0 Å². The number of aromatic carboxylic acids is 1. The number of hydrogen-bond donors (Lipinski definition) is 1. The van der Waals surface area contributed by atoms with Gasteiger partial charge in [-0.25, -0.2) is 9.59 Å². The third-order valence-electron chi connectivity index (χ3n) is 4.32. The number of ether oxygens (including phenoxy) is 1. The van der Waals surface area contributed by atoms with Crippen molar-refractivity contribution in [2.75, 3.05) is 4.90 Å². The molecular weight excluding hydrogens is 388 g/mol. The molecular formula is C22H18N2O6. The van der Waals surface area contributed by atoms with Gasteiger partial charge in [0.1, 0.15) is 12.3 Å². The van der Waals surface area contributed by atoms with Gasteiger partial charge in [-0.2, -0.15) is 0 Å². The third kappa shape index (κ3) is 4.99. The van der Waals surface area contributed by atoms with Crippen LogP contribution in [0.4, 0.5) is 16.2 Å². The summed E-state index contributed by atoms with van der Waals surface area (Å²) in [5.41, 5.74) is 0.698. The number of carbonyl (C=O) groups is 2. The molecule has 0 heterocycles. The number of carboxylic acids is 1. The molecule has 0 radical (unpaired) electrons. The average molecular weight is 406 g/mol. The number of nitrogens with zero attached hydrogens (tertiary/aromatic N) is 2. The molecule has 0 bridgehead atoms. The summed E-state index contributed by atoms with van der Waals surface area (Å²) < 4.78 is 5.38. The first-order chi connectivity index (χ1) is 14.5. The van der Waals surface area contributed by atoms with Crippen LogP contribution in [0.5, 0.6) is 0 Å². The molecule has 0 spiro atoms. The molecule has 1 amide bonds. The Bertz CT molecular complexity index is 1050. The Morgan fingerprint density at radius 2 is 1.53 bits per heavy atom. The predicted octanol–water partition coefficient (Wildman–Crippen LogP) is 4.64. The van der Waals surface area contributed by atoms with E-state index in [-0.39, 0.29) is 24.4 Å². The number of anilines is 1. The van der Waals surface area contributed by atoms with E-state index in [9.17, 15) is 19.7 Å². The summed E-state index contributed by atoms with van der Waals surface area (Å²) in [6.45, 7) is 0.00763. The van der Waals surface area contributed by atoms with Crippen LogP contribution < -0.4 is 4.90 Å². The third-order valence-corrected chi connectivity index (χ3v) is 4.32. The van der Waals surface area contributed by atoms with Crippen LogP contribution in [0.15, 0.2) is 78.9 Å². The standard InChI is InChI=1S/C22H18N2O6/c25-21(26)18-11-12-19(20(13-18)24(28)29)23(14-16-7-3-1-4-8-16)22(27)30-15-17-9-5-2-6-10-17/h1-13H,14-15H2,(H,25,26). The van der Waals surface area contributed by atoms with E-state index in [1.807, 2.05) is 12.1 Å². The minimum Gasteiger partial charge on any atom is -0.478 e. The first kappa shape index (κ1) is 20.5. The number of nitro groups is 1. The highest BCUT2D eigenvalue weighted by molar-refractivity contribution is 5.94. The van der Waals surface area contributed by atoms with Crippen molar-refractivity contribution in [1.29, 1.82) is 0 Å². The fraction of sp³-hybridized carbons (Fsp3) is 0.0909. The highest BCUT2D eigenvalue weighted by atomic mass is 16.6. The van der Waals surface area contributed by atoms with Gasteiger partial charge in [-0.1, -0.05) is 60.7 Å². The maximum atomic E-state index is 12.9. The van der Waals surface area contributed by atoms with Crippen molar-refractivity contribution >= 4 is 23.4 Å². The molecule has 0 fully saturated rings. The topological polar surface area (TPSA) is 110 Å². The highest BCUT2D eigenvalue weighted by Gasteiger charge is 2.27. The minimum atomic E-state index is -1.30. The number of benzene rings is 3. The summed E-state index contributed by atoms with van der Waals surface area (Å²) >= 11 is 0. The summed E-state index contributed by atoms with van der Waals surface area (Å²) in [7, 11) is 0. The maximum Gasteiger partial charge on any atom is 0.415 e. The Kier molecular flexibility index (Phi) is 6.39. The zero-order valence-electron chi connectivity index (χ0n) is 15.8. The molecule has 0 saturated heterocycles. The fourth-order valence-electron chi connectivity index (χ4n) is 2.84. The van der Waals surface area contributed by atoms with Crippen LogP contribution in [0.3, 0.4) is 0 Å². The van der Waals surface area contributed by atoms with E-state index in [0.29, 0.717) is 0 Å². The number of hydrogen-bond acceptors (Lipinski definition) is 5. The van der Waals surface area contributed by atoms with Crippen molar-refractivity contribution < 1.29 is 24.4 Å². The van der Waals surface area contributed by atoms with Gasteiger partial charge >= 0.3 is 12.1 Å². The Labute approximate surface area is 172 Å². The molecule has 0 saturated carbocycles. The van der Waals surface area contributed by atoms with E-state index in [4.69, 9.17) is 9.84 Å². The van der Waals surface area contributed by atoms with Gasteiger partial charge in [-0.05, 0) is 23.3 Å². The maximum absolute atomic E-state index is 12.9. The molecule has 3 aromatic carbocycles. The van der Waals surface area contributed by atoms with E-state index in [1.165, 1.54) is 12.1 Å². The van der Waals surface area contributed by atoms with Crippen LogP contribution in [0.1, 0.15) is 21.5 Å². The van der Waals surface area contributed by atoms with Gasteiger partial charge in [-0.15, -0.1) is 0 Å². The molecule has 152 valence electrons. The van der Waals surface area contributed by atoms with E-state index >= 15 is 0 Å². The largest absolute Gasteiger partial charge is 0.478 e. The lowest BCUT2D eigenvalue weighted by molar-refractivity contribution is -0.384. The summed E-state index contributed by atoms with van der Waals surface area (Å²) in [6.07, 6.45) is -0.783. The van der Waals surface area contributed by atoms with Crippen molar-refractivity contribution in [2.24, 2.45) is 0 Å². The second-order valence-corrected chi connectivity index (χ2v) is 6.38. The van der Waals surface area contributed by atoms with E-state index in [0.717, 1.165) is 22.1 Å². The molecule has 0 aliphatic carbocycles. The van der Waals surface area contributed by atoms with Crippen molar-refractivity contribution in [3.05, 3.63) is 106 Å². The SMILES string of the molecule is O=C(O)c1ccc(N(Cc2ccccc2)C(=O)OCc2ccccc2)c([N+](=O)[O-])c1. The van der Waals surface area contributed by atoms with Gasteiger partial charge < -0.3 is 9.84 Å². The quantitative estimate of drug-likeness (QED) is 0.452. The lowest BCUT2D eigenvalue weighted by Crippen LogP contribution is -2.31. The first-order valence-corrected chi connectivity index (χ1v) is 8.99. The van der Waals surface area contributed by atoms with Gasteiger partial charge in [0, 0.05) is 6.07 Å². The van der Waals surface area contributed by atoms with Crippen molar-refractivity contribution in [3.8, 4) is 0 Å². The number of rotatable bonds is 7. The predicted molar refractivity (Wildman–Crippen MR) is 109 cm³/mol. The lowest BCUT2D eigenvalue weighted by Gasteiger charge is -2.22. The minimum absolute atomic E-state index is 0.00797. The number of amides is 1. The zero-order chi connectivity index (χ0) is 21.5. The van der Waals surface area contributed by atoms with Crippen LogP contribution in [-0.4, -0.2) is 22.1 Å². The number of carboxylic acid groups (broad SMARTS) is 1. The fourth-order valence-corrected chi connectivity index (χ4v) is 2.84.